The van der Waals surface area contributed by atoms with Gasteiger partial charge in [-0.15, -0.1) is 0 Å². The minimum Gasteiger partial charge on any atom is -0.312 e. The van der Waals surface area contributed by atoms with Crippen molar-refractivity contribution in [1.82, 2.24) is 10.2 Å². The lowest BCUT2D eigenvalue weighted by Gasteiger charge is -2.26. The highest BCUT2D eigenvalue weighted by molar-refractivity contribution is 5.21. The average Bonchev–Trinajstić information content (AvgIpc) is 3.17. The number of likely N-dealkylation sites (tertiary alicyclic amines) is 1. The van der Waals surface area contributed by atoms with Crippen molar-refractivity contribution < 1.29 is 0 Å². The largest absolute Gasteiger partial charge is 0.312 e. The van der Waals surface area contributed by atoms with Gasteiger partial charge in [0, 0.05) is 25.2 Å². The fourth-order valence-electron chi connectivity index (χ4n) is 3.78. The van der Waals surface area contributed by atoms with Crippen molar-refractivity contribution in [2.75, 3.05) is 19.6 Å². The second-order valence-electron chi connectivity index (χ2n) is 6.63. The van der Waals surface area contributed by atoms with Gasteiger partial charge in [0.05, 0.1) is 0 Å². The SMILES string of the molecule is CC(CNC1CCCC1)N1CCC(c2ccccc2)C1. The fraction of sp³-hybridized carbons (Fsp3) is 0.667. The van der Waals surface area contributed by atoms with Crippen LogP contribution in [0, 0.1) is 0 Å². The van der Waals surface area contributed by atoms with Crippen LogP contribution in [0.15, 0.2) is 30.3 Å². The van der Waals surface area contributed by atoms with E-state index in [9.17, 15) is 0 Å². The smallest absolute Gasteiger partial charge is 0.0192 e. The summed E-state index contributed by atoms with van der Waals surface area (Å²) in [5, 5.41) is 3.77. The number of nitrogens with one attached hydrogen (secondary N) is 1. The van der Waals surface area contributed by atoms with E-state index in [4.69, 9.17) is 0 Å². The Morgan fingerprint density at radius 1 is 1.15 bits per heavy atom. The van der Waals surface area contributed by atoms with Gasteiger partial charge in [-0.05, 0) is 44.2 Å². The van der Waals surface area contributed by atoms with Crippen LogP contribution in [0.2, 0.25) is 0 Å². The van der Waals surface area contributed by atoms with Gasteiger partial charge >= 0.3 is 0 Å². The lowest BCUT2D eigenvalue weighted by atomic mass is 9.99. The van der Waals surface area contributed by atoms with E-state index in [2.05, 4.69) is 47.5 Å². The normalized spacial score (nSPS) is 26.1. The predicted molar refractivity (Wildman–Crippen MR) is 85.1 cm³/mol. The first-order valence-corrected chi connectivity index (χ1v) is 8.35. The molecule has 1 aliphatic heterocycles. The summed E-state index contributed by atoms with van der Waals surface area (Å²) >= 11 is 0. The van der Waals surface area contributed by atoms with Crippen LogP contribution in [0.4, 0.5) is 0 Å². The molecule has 2 unspecified atom stereocenters. The highest BCUT2D eigenvalue weighted by Crippen LogP contribution is 2.28. The van der Waals surface area contributed by atoms with Crippen LogP contribution in [0.25, 0.3) is 0 Å². The molecule has 1 aromatic rings. The molecule has 2 fully saturated rings. The zero-order valence-electron chi connectivity index (χ0n) is 12.7. The highest BCUT2D eigenvalue weighted by Gasteiger charge is 2.27. The molecule has 0 spiro atoms. The summed E-state index contributed by atoms with van der Waals surface area (Å²) in [6.45, 7) is 6.03. The third-order valence-corrected chi connectivity index (χ3v) is 5.17. The zero-order valence-corrected chi connectivity index (χ0v) is 12.7. The van der Waals surface area contributed by atoms with E-state index in [1.807, 2.05) is 0 Å². The van der Waals surface area contributed by atoms with Gasteiger partial charge in [0.2, 0.25) is 0 Å². The monoisotopic (exact) mass is 272 g/mol. The van der Waals surface area contributed by atoms with Gasteiger partial charge in [0.25, 0.3) is 0 Å². The van der Waals surface area contributed by atoms with E-state index in [0.717, 1.165) is 18.5 Å². The van der Waals surface area contributed by atoms with Crippen molar-refractivity contribution >= 4 is 0 Å². The summed E-state index contributed by atoms with van der Waals surface area (Å²) < 4.78 is 0. The lowest BCUT2D eigenvalue weighted by Crippen LogP contribution is -2.41. The van der Waals surface area contributed by atoms with Crippen molar-refractivity contribution in [3.8, 4) is 0 Å². The molecule has 1 saturated heterocycles. The first kappa shape index (κ1) is 14.1. The number of hydrogen-bond acceptors (Lipinski definition) is 2. The van der Waals surface area contributed by atoms with E-state index in [0.29, 0.717) is 6.04 Å². The molecule has 2 nitrogen and oxygen atoms in total. The van der Waals surface area contributed by atoms with E-state index >= 15 is 0 Å². The third-order valence-electron chi connectivity index (χ3n) is 5.17. The molecule has 2 aliphatic rings. The summed E-state index contributed by atoms with van der Waals surface area (Å²) in [4.78, 5) is 2.67. The molecule has 20 heavy (non-hydrogen) atoms. The molecular formula is C18H28N2. The molecule has 3 rings (SSSR count). The quantitative estimate of drug-likeness (QED) is 0.884. The zero-order chi connectivity index (χ0) is 13.8. The van der Waals surface area contributed by atoms with Crippen LogP contribution in [0.5, 0.6) is 0 Å². The van der Waals surface area contributed by atoms with Crippen LogP contribution in [0.3, 0.4) is 0 Å². The van der Waals surface area contributed by atoms with E-state index < -0.39 is 0 Å². The Morgan fingerprint density at radius 3 is 2.65 bits per heavy atom. The Morgan fingerprint density at radius 2 is 1.90 bits per heavy atom. The Hall–Kier alpha value is -0.860. The van der Waals surface area contributed by atoms with Gasteiger partial charge in [-0.3, -0.25) is 4.90 Å². The molecule has 1 heterocycles. The molecule has 1 saturated carbocycles. The maximum Gasteiger partial charge on any atom is 0.0192 e. The number of benzene rings is 1. The van der Waals surface area contributed by atoms with Crippen LogP contribution in [-0.2, 0) is 0 Å². The first-order valence-electron chi connectivity index (χ1n) is 8.35. The van der Waals surface area contributed by atoms with Crippen molar-refractivity contribution in [2.24, 2.45) is 0 Å². The predicted octanol–water partition coefficient (Wildman–Crippen LogP) is 3.40. The Bertz CT molecular complexity index is 397. The minimum absolute atomic E-state index is 0.671. The average molecular weight is 272 g/mol. The minimum atomic E-state index is 0.671. The van der Waals surface area contributed by atoms with Crippen LogP contribution >= 0.6 is 0 Å². The van der Waals surface area contributed by atoms with Crippen molar-refractivity contribution in [2.45, 2.75) is 57.0 Å². The van der Waals surface area contributed by atoms with E-state index in [-0.39, 0.29) is 0 Å². The molecule has 0 aromatic heterocycles. The van der Waals surface area contributed by atoms with E-state index in [1.165, 1.54) is 50.8 Å². The molecule has 1 aliphatic carbocycles. The third kappa shape index (κ3) is 3.42. The van der Waals surface area contributed by atoms with Crippen LogP contribution in [0.1, 0.15) is 50.5 Å². The molecule has 2 atom stereocenters. The molecule has 2 heteroatoms. The van der Waals surface area contributed by atoms with Gasteiger partial charge < -0.3 is 5.32 Å². The standard InChI is InChI=1S/C18H28N2/c1-15(13-19-18-9-5-6-10-18)20-12-11-17(14-20)16-7-3-2-4-8-16/h2-4,7-8,15,17-19H,5-6,9-14H2,1H3. The number of rotatable bonds is 5. The summed E-state index contributed by atoms with van der Waals surface area (Å²) in [5.74, 6) is 0.741. The lowest BCUT2D eigenvalue weighted by molar-refractivity contribution is 0.243. The molecule has 0 amide bonds. The van der Waals surface area contributed by atoms with Gasteiger partial charge in [0.1, 0.15) is 0 Å². The number of hydrogen-bond donors (Lipinski definition) is 1. The first-order chi connectivity index (χ1) is 9.83. The van der Waals surface area contributed by atoms with Gasteiger partial charge in [-0.25, -0.2) is 0 Å². The molecule has 0 radical (unpaired) electrons. The Labute approximate surface area is 123 Å². The van der Waals surface area contributed by atoms with Crippen molar-refractivity contribution in [3.05, 3.63) is 35.9 Å². The summed E-state index contributed by atoms with van der Waals surface area (Å²) in [6, 6.07) is 12.5. The Balaban J connectivity index is 1.46. The van der Waals surface area contributed by atoms with Gasteiger partial charge in [-0.1, -0.05) is 43.2 Å². The molecule has 1 aromatic carbocycles. The van der Waals surface area contributed by atoms with Gasteiger partial charge in [0.15, 0.2) is 0 Å². The van der Waals surface area contributed by atoms with Crippen molar-refractivity contribution in [1.29, 1.82) is 0 Å². The van der Waals surface area contributed by atoms with Crippen LogP contribution < -0.4 is 5.32 Å². The highest BCUT2D eigenvalue weighted by atomic mass is 15.2. The number of nitrogens with zero attached hydrogens (tertiary/aromatic N) is 1. The molecule has 0 bridgehead atoms. The summed E-state index contributed by atoms with van der Waals surface area (Å²) in [7, 11) is 0. The van der Waals surface area contributed by atoms with Gasteiger partial charge in [-0.2, -0.15) is 0 Å². The fourth-order valence-corrected chi connectivity index (χ4v) is 3.78. The molecule has 1 N–H and O–H groups in total. The second kappa shape index (κ2) is 6.73. The summed E-state index contributed by atoms with van der Waals surface area (Å²) in [6.07, 6.45) is 6.94. The maximum atomic E-state index is 3.77. The van der Waals surface area contributed by atoms with E-state index in [1.54, 1.807) is 0 Å². The Kier molecular flexibility index (Phi) is 4.74. The second-order valence-corrected chi connectivity index (χ2v) is 6.63. The molecular weight excluding hydrogens is 244 g/mol. The topological polar surface area (TPSA) is 15.3 Å². The van der Waals surface area contributed by atoms with Crippen LogP contribution in [-0.4, -0.2) is 36.6 Å². The summed E-state index contributed by atoms with van der Waals surface area (Å²) in [5.41, 5.74) is 1.52. The maximum absolute atomic E-state index is 3.77. The molecule has 110 valence electrons. The van der Waals surface area contributed by atoms with Crippen molar-refractivity contribution in [3.63, 3.8) is 0 Å².